The lowest BCUT2D eigenvalue weighted by atomic mass is 10.0. The number of hydrogen-bond acceptors (Lipinski definition) is 4. The molecule has 0 radical (unpaired) electrons. The summed E-state index contributed by atoms with van der Waals surface area (Å²) in [5.74, 6) is -1.32. The molecule has 1 aromatic carbocycles. The van der Waals surface area contributed by atoms with Gasteiger partial charge >= 0.3 is 0 Å². The zero-order valence-electron chi connectivity index (χ0n) is 11.1. The summed E-state index contributed by atoms with van der Waals surface area (Å²) >= 11 is 0. The molecule has 20 heavy (non-hydrogen) atoms. The van der Waals surface area contributed by atoms with E-state index >= 15 is 0 Å². The van der Waals surface area contributed by atoms with Gasteiger partial charge < -0.3 is 20.1 Å². The van der Waals surface area contributed by atoms with Gasteiger partial charge in [0.25, 0.3) is 5.91 Å². The van der Waals surface area contributed by atoms with E-state index in [-0.39, 0.29) is 11.6 Å². The molecule has 2 fully saturated rings. The molecule has 2 saturated heterocycles. The van der Waals surface area contributed by atoms with Crippen molar-refractivity contribution in [2.45, 2.75) is 18.6 Å². The third kappa shape index (κ3) is 2.36. The number of amides is 1. The Balaban J connectivity index is 1.79. The van der Waals surface area contributed by atoms with Crippen LogP contribution in [0, 0.1) is 5.82 Å². The number of anilines is 1. The smallest absolute Gasteiger partial charge is 0.256 e. The molecular weight excluding hydrogens is 263 g/mol. The maximum Gasteiger partial charge on any atom is 0.256 e. The molecule has 1 aromatic rings. The number of carbonyl (C=O) groups excluding carboxylic acids is 1. The maximum absolute atomic E-state index is 13.0. The average Bonchev–Trinajstić information content (AvgIpc) is 2.86. The highest BCUT2D eigenvalue weighted by Crippen LogP contribution is 2.31. The van der Waals surface area contributed by atoms with E-state index < -0.39 is 11.6 Å². The van der Waals surface area contributed by atoms with Crippen molar-refractivity contribution in [1.29, 1.82) is 0 Å². The molecule has 2 aliphatic heterocycles. The lowest BCUT2D eigenvalue weighted by Crippen LogP contribution is -2.51. The lowest BCUT2D eigenvalue weighted by molar-refractivity contribution is -0.183. The fourth-order valence-electron chi connectivity index (χ4n) is 2.79. The SMILES string of the molecule is Nc1cc(F)ccc1C(=O)N1CCCC2(C1)OCCO2. The van der Waals surface area contributed by atoms with Crippen LogP contribution >= 0.6 is 0 Å². The predicted molar refractivity (Wildman–Crippen MR) is 70.6 cm³/mol. The molecule has 5 nitrogen and oxygen atoms in total. The van der Waals surface area contributed by atoms with E-state index in [1.165, 1.54) is 12.1 Å². The van der Waals surface area contributed by atoms with Crippen LogP contribution < -0.4 is 5.73 Å². The van der Waals surface area contributed by atoms with Crippen LogP contribution in [-0.4, -0.2) is 42.9 Å². The molecule has 6 heteroatoms. The molecule has 2 aliphatic rings. The largest absolute Gasteiger partial charge is 0.398 e. The zero-order valence-corrected chi connectivity index (χ0v) is 11.1. The molecule has 0 saturated carbocycles. The Hall–Kier alpha value is -1.66. The molecule has 108 valence electrons. The van der Waals surface area contributed by atoms with E-state index in [0.29, 0.717) is 31.9 Å². The number of ether oxygens (including phenoxy) is 2. The lowest BCUT2D eigenvalue weighted by Gasteiger charge is -2.38. The number of nitrogens with zero attached hydrogens (tertiary/aromatic N) is 1. The number of benzene rings is 1. The number of hydrogen-bond donors (Lipinski definition) is 1. The van der Waals surface area contributed by atoms with Crippen LogP contribution in [0.5, 0.6) is 0 Å². The number of piperidine rings is 1. The van der Waals surface area contributed by atoms with Crippen molar-refractivity contribution in [3.8, 4) is 0 Å². The van der Waals surface area contributed by atoms with Gasteiger partial charge in [-0.15, -0.1) is 0 Å². The number of halogens is 1. The molecule has 0 aromatic heterocycles. The van der Waals surface area contributed by atoms with Crippen LogP contribution in [0.3, 0.4) is 0 Å². The summed E-state index contributed by atoms with van der Waals surface area (Å²) in [6, 6.07) is 3.83. The van der Waals surface area contributed by atoms with Crippen molar-refractivity contribution in [1.82, 2.24) is 4.90 Å². The second-order valence-electron chi connectivity index (χ2n) is 5.17. The topological polar surface area (TPSA) is 64.8 Å². The highest BCUT2D eigenvalue weighted by molar-refractivity contribution is 5.99. The second kappa shape index (κ2) is 5.03. The maximum atomic E-state index is 13.0. The molecule has 1 spiro atoms. The summed E-state index contributed by atoms with van der Waals surface area (Å²) in [7, 11) is 0. The van der Waals surface area contributed by atoms with E-state index in [9.17, 15) is 9.18 Å². The molecular formula is C14H17FN2O3. The van der Waals surface area contributed by atoms with Crippen LogP contribution in [0.2, 0.25) is 0 Å². The van der Waals surface area contributed by atoms with Gasteiger partial charge in [0, 0.05) is 18.7 Å². The number of rotatable bonds is 1. The van der Waals surface area contributed by atoms with Crippen LogP contribution in [-0.2, 0) is 9.47 Å². The normalized spacial score (nSPS) is 21.4. The van der Waals surface area contributed by atoms with Crippen molar-refractivity contribution in [2.24, 2.45) is 0 Å². The van der Waals surface area contributed by atoms with Crippen molar-refractivity contribution >= 4 is 11.6 Å². The van der Waals surface area contributed by atoms with E-state index in [4.69, 9.17) is 15.2 Å². The Labute approximate surface area is 116 Å². The summed E-state index contributed by atoms with van der Waals surface area (Å²) in [5.41, 5.74) is 6.20. The molecule has 0 aliphatic carbocycles. The molecule has 0 bridgehead atoms. The third-order valence-corrected chi connectivity index (χ3v) is 3.76. The Morgan fingerprint density at radius 1 is 1.35 bits per heavy atom. The second-order valence-corrected chi connectivity index (χ2v) is 5.17. The Morgan fingerprint density at radius 2 is 2.10 bits per heavy atom. The zero-order chi connectivity index (χ0) is 14.2. The van der Waals surface area contributed by atoms with Gasteiger partial charge in [0.1, 0.15) is 5.82 Å². The molecule has 0 atom stereocenters. The van der Waals surface area contributed by atoms with E-state index in [1.807, 2.05) is 0 Å². The van der Waals surface area contributed by atoms with Crippen LogP contribution in [0.4, 0.5) is 10.1 Å². The van der Waals surface area contributed by atoms with Crippen molar-refractivity contribution in [3.63, 3.8) is 0 Å². The average molecular weight is 280 g/mol. The molecule has 2 N–H and O–H groups in total. The molecule has 3 rings (SSSR count). The van der Waals surface area contributed by atoms with Crippen molar-refractivity contribution in [3.05, 3.63) is 29.6 Å². The van der Waals surface area contributed by atoms with Crippen LogP contribution in [0.25, 0.3) is 0 Å². The minimum Gasteiger partial charge on any atom is -0.398 e. The summed E-state index contributed by atoms with van der Waals surface area (Å²) < 4.78 is 24.3. The fourth-order valence-corrected chi connectivity index (χ4v) is 2.79. The highest BCUT2D eigenvalue weighted by atomic mass is 19.1. The first-order valence-corrected chi connectivity index (χ1v) is 6.72. The summed E-state index contributed by atoms with van der Waals surface area (Å²) in [6.45, 7) is 2.13. The van der Waals surface area contributed by atoms with Gasteiger partial charge in [0.2, 0.25) is 0 Å². The first-order chi connectivity index (χ1) is 9.60. The van der Waals surface area contributed by atoms with Gasteiger partial charge in [-0.1, -0.05) is 0 Å². The Morgan fingerprint density at radius 3 is 2.80 bits per heavy atom. The molecule has 1 amide bonds. The van der Waals surface area contributed by atoms with Gasteiger partial charge in [-0.25, -0.2) is 4.39 Å². The highest BCUT2D eigenvalue weighted by Gasteiger charge is 2.42. The van der Waals surface area contributed by atoms with Gasteiger partial charge in [-0.3, -0.25) is 4.79 Å². The van der Waals surface area contributed by atoms with Gasteiger partial charge in [-0.05, 0) is 24.6 Å². The number of nitrogen functional groups attached to an aromatic ring is 1. The molecule has 0 unspecified atom stereocenters. The quantitative estimate of drug-likeness (QED) is 0.789. The van der Waals surface area contributed by atoms with Crippen molar-refractivity contribution < 1.29 is 18.7 Å². The van der Waals surface area contributed by atoms with Crippen LogP contribution in [0.1, 0.15) is 23.2 Å². The fraction of sp³-hybridized carbons (Fsp3) is 0.500. The van der Waals surface area contributed by atoms with E-state index in [2.05, 4.69) is 0 Å². The minimum absolute atomic E-state index is 0.155. The first-order valence-electron chi connectivity index (χ1n) is 6.72. The first kappa shape index (κ1) is 13.3. The van der Waals surface area contributed by atoms with E-state index in [0.717, 1.165) is 18.9 Å². The Kier molecular flexibility index (Phi) is 3.35. The van der Waals surface area contributed by atoms with E-state index in [1.54, 1.807) is 4.90 Å². The number of carbonyl (C=O) groups is 1. The monoisotopic (exact) mass is 280 g/mol. The summed E-state index contributed by atoms with van der Waals surface area (Å²) in [4.78, 5) is 14.1. The van der Waals surface area contributed by atoms with Gasteiger partial charge in [0.15, 0.2) is 5.79 Å². The van der Waals surface area contributed by atoms with Gasteiger partial charge in [-0.2, -0.15) is 0 Å². The predicted octanol–water partition coefficient (Wildman–Crippen LogP) is 1.39. The number of nitrogens with two attached hydrogens (primary N) is 1. The van der Waals surface area contributed by atoms with Crippen LogP contribution in [0.15, 0.2) is 18.2 Å². The summed E-state index contributed by atoms with van der Waals surface area (Å²) in [6.07, 6.45) is 1.60. The minimum atomic E-state index is -0.664. The Bertz CT molecular complexity index is 529. The summed E-state index contributed by atoms with van der Waals surface area (Å²) in [5, 5.41) is 0. The number of likely N-dealkylation sites (tertiary alicyclic amines) is 1. The standard InChI is InChI=1S/C14H17FN2O3/c15-10-2-3-11(12(16)8-10)13(18)17-5-1-4-14(9-17)19-6-7-20-14/h2-3,8H,1,4-7,9,16H2. The third-order valence-electron chi connectivity index (χ3n) is 3.76. The molecule has 2 heterocycles. The van der Waals surface area contributed by atoms with Gasteiger partial charge in [0.05, 0.1) is 25.3 Å². The van der Waals surface area contributed by atoms with Crippen molar-refractivity contribution in [2.75, 3.05) is 32.0 Å².